The molecule has 0 aliphatic heterocycles. The summed E-state index contributed by atoms with van der Waals surface area (Å²) in [6.07, 6.45) is 0. The number of ether oxygens (including phenoxy) is 1. The second-order valence-corrected chi connectivity index (χ2v) is 5.13. The highest BCUT2D eigenvalue weighted by molar-refractivity contribution is 6.08. The first-order valence-electron chi connectivity index (χ1n) is 6.75. The van der Waals surface area contributed by atoms with Gasteiger partial charge in [0.2, 0.25) is 0 Å². The second-order valence-electron chi connectivity index (χ2n) is 5.13. The van der Waals surface area contributed by atoms with E-state index in [1.807, 2.05) is 32.9 Å². The molecule has 2 aromatic rings. The van der Waals surface area contributed by atoms with Crippen LogP contribution < -0.4 is 15.8 Å². The van der Waals surface area contributed by atoms with Crippen LogP contribution in [0, 0.1) is 20.8 Å². The molecule has 0 bridgehead atoms. The fraction of sp³-hybridized carbons (Fsp3) is 0.235. The first-order valence-corrected chi connectivity index (χ1v) is 6.75. The van der Waals surface area contributed by atoms with Crippen molar-refractivity contribution in [2.24, 2.45) is 0 Å². The van der Waals surface area contributed by atoms with E-state index in [4.69, 9.17) is 10.5 Å². The highest BCUT2D eigenvalue weighted by Gasteiger charge is 2.15. The molecular formula is C17H20N2O2. The summed E-state index contributed by atoms with van der Waals surface area (Å²) in [4.78, 5) is 12.5. The number of rotatable bonds is 3. The van der Waals surface area contributed by atoms with Crippen molar-refractivity contribution in [2.45, 2.75) is 20.8 Å². The number of carbonyl (C=O) groups excluding carboxylic acids is 1. The Bertz CT molecular complexity index is 693. The quantitative estimate of drug-likeness (QED) is 0.848. The van der Waals surface area contributed by atoms with Gasteiger partial charge in [-0.15, -0.1) is 0 Å². The number of methoxy groups -OCH3 is 1. The predicted octanol–water partition coefficient (Wildman–Crippen LogP) is 3.45. The Morgan fingerprint density at radius 3 is 2.52 bits per heavy atom. The Morgan fingerprint density at radius 2 is 1.86 bits per heavy atom. The summed E-state index contributed by atoms with van der Waals surface area (Å²) in [5.74, 6) is 0.318. The Morgan fingerprint density at radius 1 is 1.14 bits per heavy atom. The fourth-order valence-corrected chi connectivity index (χ4v) is 2.18. The van der Waals surface area contributed by atoms with Gasteiger partial charge in [0, 0.05) is 0 Å². The largest absolute Gasteiger partial charge is 0.496 e. The maximum absolute atomic E-state index is 12.5. The Labute approximate surface area is 124 Å². The SMILES string of the molecule is COc1ccc(C)cc1C(=O)Nc1c(N)ccc(C)c1C. The predicted molar refractivity (Wildman–Crippen MR) is 86.0 cm³/mol. The number of hydrogen-bond acceptors (Lipinski definition) is 3. The number of amides is 1. The first-order chi connectivity index (χ1) is 9.93. The first kappa shape index (κ1) is 14.9. The van der Waals surface area contributed by atoms with E-state index in [2.05, 4.69) is 5.32 Å². The smallest absolute Gasteiger partial charge is 0.259 e. The zero-order valence-electron chi connectivity index (χ0n) is 12.8. The van der Waals surface area contributed by atoms with Gasteiger partial charge in [0.05, 0.1) is 24.0 Å². The summed E-state index contributed by atoms with van der Waals surface area (Å²) in [5, 5.41) is 2.89. The van der Waals surface area contributed by atoms with E-state index in [0.717, 1.165) is 16.7 Å². The summed E-state index contributed by atoms with van der Waals surface area (Å²) in [7, 11) is 1.55. The molecule has 0 spiro atoms. The van der Waals surface area contributed by atoms with Gasteiger partial charge in [-0.2, -0.15) is 0 Å². The Kier molecular flexibility index (Phi) is 4.17. The molecule has 3 N–H and O–H groups in total. The molecule has 2 rings (SSSR count). The van der Waals surface area contributed by atoms with E-state index >= 15 is 0 Å². The van der Waals surface area contributed by atoms with E-state index in [9.17, 15) is 4.79 Å². The van der Waals surface area contributed by atoms with E-state index in [-0.39, 0.29) is 5.91 Å². The third kappa shape index (κ3) is 2.99. The van der Waals surface area contributed by atoms with Crippen LogP contribution in [0.2, 0.25) is 0 Å². The molecule has 0 atom stereocenters. The highest BCUT2D eigenvalue weighted by Crippen LogP contribution is 2.28. The van der Waals surface area contributed by atoms with Gasteiger partial charge in [0.15, 0.2) is 0 Å². The maximum atomic E-state index is 12.5. The normalized spacial score (nSPS) is 10.3. The molecule has 0 aliphatic rings. The van der Waals surface area contributed by atoms with Crippen molar-refractivity contribution >= 4 is 17.3 Å². The number of nitrogens with two attached hydrogens (primary N) is 1. The van der Waals surface area contributed by atoms with E-state index in [1.54, 1.807) is 25.3 Å². The van der Waals surface area contributed by atoms with Crippen molar-refractivity contribution in [3.8, 4) is 5.75 Å². The van der Waals surface area contributed by atoms with Crippen molar-refractivity contribution in [3.63, 3.8) is 0 Å². The molecule has 0 radical (unpaired) electrons. The van der Waals surface area contributed by atoms with Crippen LogP contribution in [0.5, 0.6) is 5.75 Å². The lowest BCUT2D eigenvalue weighted by molar-refractivity contribution is 0.102. The van der Waals surface area contributed by atoms with Crippen molar-refractivity contribution < 1.29 is 9.53 Å². The van der Waals surface area contributed by atoms with Gasteiger partial charge in [-0.05, 0) is 50.1 Å². The molecule has 4 heteroatoms. The van der Waals surface area contributed by atoms with Crippen LogP contribution in [0.15, 0.2) is 30.3 Å². The summed E-state index contributed by atoms with van der Waals surface area (Å²) < 4.78 is 5.25. The van der Waals surface area contributed by atoms with E-state index in [1.165, 1.54) is 0 Å². The number of benzene rings is 2. The molecule has 1 amide bonds. The Balaban J connectivity index is 2.39. The van der Waals surface area contributed by atoms with Crippen LogP contribution in [0.3, 0.4) is 0 Å². The van der Waals surface area contributed by atoms with Gasteiger partial charge in [0.25, 0.3) is 5.91 Å². The standard InChI is InChI=1S/C17H20N2O2/c1-10-5-8-15(21-4)13(9-10)17(20)19-16-12(3)11(2)6-7-14(16)18/h5-9H,18H2,1-4H3,(H,19,20). The lowest BCUT2D eigenvalue weighted by Crippen LogP contribution is -2.15. The summed E-state index contributed by atoms with van der Waals surface area (Å²) >= 11 is 0. The average molecular weight is 284 g/mol. The molecule has 0 heterocycles. The lowest BCUT2D eigenvalue weighted by atomic mass is 10.1. The van der Waals surface area contributed by atoms with Crippen LogP contribution >= 0.6 is 0 Å². The minimum Gasteiger partial charge on any atom is -0.496 e. The monoisotopic (exact) mass is 284 g/mol. The topological polar surface area (TPSA) is 64.3 Å². The number of aryl methyl sites for hydroxylation is 2. The molecule has 4 nitrogen and oxygen atoms in total. The summed E-state index contributed by atoms with van der Waals surface area (Å²) in [6, 6.07) is 9.23. The Hall–Kier alpha value is -2.49. The third-order valence-corrected chi connectivity index (χ3v) is 3.61. The molecule has 0 aromatic heterocycles. The number of hydrogen-bond donors (Lipinski definition) is 2. The third-order valence-electron chi connectivity index (χ3n) is 3.61. The van der Waals surface area contributed by atoms with Crippen LogP contribution in [0.1, 0.15) is 27.0 Å². The lowest BCUT2D eigenvalue weighted by Gasteiger charge is -2.15. The molecular weight excluding hydrogens is 264 g/mol. The fourth-order valence-electron chi connectivity index (χ4n) is 2.18. The summed E-state index contributed by atoms with van der Waals surface area (Å²) in [5.41, 5.74) is 10.7. The molecule has 0 aliphatic carbocycles. The van der Waals surface area contributed by atoms with Crippen LogP contribution in [-0.2, 0) is 0 Å². The van der Waals surface area contributed by atoms with Crippen LogP contribution in [0.4, 0.5) is 11.4 Å². The van der Waals surface area contributed by atoms with Crippen molar-refractivity contribution in [2.75, 3.05) is 18.2 Å². The number of nitrogen functional groups attached to an aromatic ring is 1. The van der Waals surface area contributed by atoms with Crippen LogP contribution in [-0.4, -0.2) is 13.0 Å². The van der Waals surface area contributed by atoms with Gasteiger partial charge in [-0.3, -0.25) is 4.79 Å². The molecule has 0 fully saturated rings. The minimum atomic E-state index is -0.226. The van der Waals surface area contributed by atoms with Gasteiger partial charge in [0.1, 0.15) is 5.75 Å². The average Bonchev–Trinajstić information content (AvgIpc) is 2.47. The van der Waals surface area contributed by atoms with Crippen molar-refractivity contribution in [1.29, 1.82) is 0 Å². The second kappa shape index (κ2) is 5.87. The van der Waals surface area contributed by atoms with E-state index in [0.29, 0.717) is 22.7 Å². The number of carbonyl (C=O) groups is 1. The molecule has 0 saturated heterocycles. The zero-order chi connectivity index (χ0) is 15.6. The molecule has 110 valence electrons. The van der Waals surface area contributed by atoms with E-state index < -0.39 is 0 Å². The highest BCUT2D eigenvalue weighted by atomic mass is 16.5. The molecule has 0 unspecified atom stereocenters. The number of anilines is 2. The van der Waals surface area contributed by atoms with Crippen molar-refractivity contribution in [1.82, 2.24) is 0 Å². The van der Waals surface area contributed by atoms with Gasteiger partial charge in [-0.1, -0.05) is 17.7 Å². The number of nitrogens with one attached hydrogen (secondary N) is 1. The molecule has 21 heavy (non-hydrogen) atoms. The maximum Gasteiger partial charge on any atom is 0.259 e. The molecule has 2 aromatic carbocycles. The van der Waals surface area contributed by atoms with Crippen molar-refractivity contribution in [3.05, 3.63) is 52.6 Å². The van der Waals surface area contributed by atoms with Crippen LogP contribution in [0.25, 0.3) is 0 Å². The zero-order valence-corrected chi connectivity index (χ0v) is 12.8. The molecule has 0 saturated carbocycles. The summed E-state index contributed by atoms with van der Waals surface area (Å²) in [6.45, 7) is 5.86. The van der Waals surface area contributed by atoms with Gasteiger partial charge >= 0.3 is 0 Å². The minimum absolute atomic E-state index is 0.226. The van der Waals surface area contributed by atoms with Gasteiger partial charge < -0.3 is 15.8 Å². The van der Waals surface area contributed by atoms with Gasteiger partial charge in [-0.25, -0.2) is 0 Å².